The Hall–Kier alpha value is -5.12. The highest BCUT2D eigenvalue weighted by atomic mass is 16.5. The zero-order chi connectivity index (χ0) is 32.2. The molecule has 2 aliphatic rings. The predicted molar refractivity (Wildman–Crippen MR) is 176 cm³/mol. The molecule has 3 N–H and O–H groups in total. The van der Waals surface area contributed by atoms with Crippen LogP contribution in [0.25, 0.3) is 11.1 Å². The van der Waals surface area contributed by atoms with E-state index in [1.165, 1.54) is 11.1 Å². The highest BCUT2D eigenvalue weighted by molar-refractivity contribution is 5.97. The van der Waals surface area contributed by atoms with Crippen LogP contribution in [0.2, 0.25) is 0 Å². The van der Waals surface area contributed by atoms with Crippen LogP contribution < -0.4 is 20.3 Å². The molecule has 6 rings (SSSR count). The van der Waals surface area contributed by atoms with Gasteiger partial charge in [-0.1, -0.05) is 36.4 Å². The van der Waals surface area contributed by atoms with Crippen LogP contribution in [0.1, 0.15) is 53.9 Å². The lowest BCUT2D eigenvalue weighted by Crippen LogP contribution is -2.36. The Morgan fingerprint density at radius 3 is 2.72 bits per heavy atom. The molecule has 2 atom stereocenters. The number of hydrogen-bond acceptors (Lipinski definition) is 5. The Morgan fingerprint density at radius 2 is 1.87 bits per heavy atom. The lowest BCUT2D eigenvalue weighted by atomic mass is 9.92. The number of carbonyl (C=O) groups excluding carboxylic acids is 2. The summed E-state index contributed by atoms with van der Waals surface area (Å²) in [5.41, 5.74) is 8.24. The number of urea groups is 1. The van der Waals surface area contributed by atoms with Gasteiger partial charge >= 0.3 is 12.0 Å². The second-order valence-corrected chi connectivity index (χ2v) is 12.1. The summed E-state index contributed by atoms with van der Waals surface area (Å²) in [5, 5.41) is 18.7. The van der Waals surface area contributed by atoms with Crippen molar-refractivity contribution >= 4 is 29.3 Å². The molecule has 10 heteroatoms. The first-order valence-corrected chi connectivity index (χ1v) is 15.8. The molecule has 0 radical (unpaired) electrons. The fourth-order valence-electron chi connectivity index (χ4n) is 6.20. The molecular weight excluding hydrogens is 582 g/mol. The molecule has 1 aliphatic heterocycles. The Morgan fingerprint density at radius 1 is 1.04 bits per heavy atom. The number of nitrogens with zero attached hydrogens (tertiary/aromatic N) is 3. The van der Waals surface area contributed by atoms with E-state index < -0.39 is 12.0 Å². The average molecular weight is 622 g/mol. The molecule has 3 aromatic carbocycles. The molecule has 1 aromatic heterocycles. The van der Waals surface area contributed by atoms with Crippen LogP contribution in [0.4, 0.5) is 16.2 Å². The number of ether oxygens (including phenoxy) is 1. The first-order valence-electron chi connectivity index (χ1n) is 15.8. The third-order valence-corrected chi connectivity index (χ3v) is 8.83. The molecule has 1 fully saturated rings. The zero-order valence-corrected chi connectivity index (χ0v) is 26.2. The number of rotatable bonds is 12. The van der Waals surface area contributed by atoms with E-state index in [2.05, 4.69) is 47.8 Å². The number of carbonyl (C=O) groups is 3. The minimum atomic E-state index is -0.967. The van der Waals surface area contributed by atoms with Crippen LogP contribution in [0.3, 0.4) is 0 Å². The summed E-state index contributed by atoms with van der Waals surface area (Å²) in [6.07, 6.45) is 5.93. The lowest BCUT2D eigenvalue weighted by Gasteiger charge is -2.30. The largest absolute Gasteiger partial charge is 0.493 e. The number of aliphatic carboxylic acids is 1. The molecule has 0 saturated heterocycles. The van der Waals surface area contributed by atoms with Crippen LogP contribution in [0.5, 0.6) is 5.75 Å². The third kappa shape index (κ3) is 7.06. The zero-order valence-electron chi connectivity index (χ0n) is 26.2. The molecule has 4 aromatic rings. The first kappa shape index (κ1) is 30.9. The number of carboxylic acid groups (broad SMARTS) is 1. The summed E-state index contributed by atoms with van der Waals surface area (Å²) >= 11 is 0. The molecule has 3 amide bonds. The van der Waals surface area contributed by atoms with Gasteiger partial charge in [0, 0.05) is 42.6 Å². The number of nitrogens with one attached hydrogen (secondary N) is 2. The second-order valence-electron chi connectivity index (χ2n) is 12.1. The summed E-state index contributed by atoms with van der Waals surface area (Å²) in [5.74, 6) is 0.980. The first-order chi connectivity index (χ1) is 22.3. The quantitative estimate of drug-likeness (QED) is 0.164. The molecule has 2 heterocycles. The van der Waals surface area contributed by atoms with E-state index in [0.29, 0.717) is 43.5 Å². The second kappa shape index (κ2) is 13.5. The van der Waals surface area contributed by atoms with Crippen LogP contribution in [-0.2, 0) is 16.1 Å². The third-order valence-electron chi connectivity index (χ3n) is 8.83. The topological polar surface area (TPSA) is 126 Å². The fraction of sp³-hybridized carbons (Fsp3) is 0.333. The van der Waals surface area contributed by atoms with Gasteiger partial charge in [-0.2, -0.15) is 5.10 Å². The van der Waals surface area contributed by atoms with Crippen LogP contribution in [0, 0.1) is 19.8 Å². The van der Waals surface area contributed by atoms with E-state index in [1.54, 1.807) is 6.07 Å². The van der Waals surface area contributed by atoms with Crippen LogP contribution >= 0.6 is 0 Å². The van der Waals surface area contributed by atoms with Crippen molar-refractivity contribution in [2.24, 2.45) is 5.92 Å². The summed E-state index contributed by atoms with van der Waals surface area (Å²) in [6, 6.07) is 19.3. The van der Waals surface area contributed by atoms with E-state index in [1.807, 2.05) is 58.4 Å². The number of benzene rings is 3. The van der Waals surface area contributed by atoms with Gasteiger partial charge in [0.2, 0.25) is 5.91 Å². The van der Waals surface area contributed by atoms with E-state index in [0.717, 1.165) is 46.7 Å². The van der Waals surface area contributed by atoms with Gasteiger partial charge in [-0.05, 0) is 90.6 Å². The van der Waals surface area contributed by atoms with Crippen molar-refractivity contribution in [3.8, 4) is 16.9 Å². The molecule has 0 bridgehead atoms. The van der Waals surface area contributed by atoms with Crippen molar-refractivity contribution in [2.75, 3.05) is 29.9 Å². The monoisotopic (exact) mass is 621 g/mol. The smallest absolute Gasteiger partial charge is 0.319 e. The van der Waals surface area contributed by atoms with E-state index >= 15 is 0 Å². The number of amides is 3. The van der Waals surface area contributed by atoms with Gasteiger partial charge in [0.05, 0.1) is 25.8 Å². The maximum Gasteiger partial charge on any atom is 0.319 e. The molecule has 238 valence electrons. The van der Waals surface area contributed by atoms with Crippen molar-refractivity contribution in [1.82, 2.24) is 15.1 Å². The summed E-state index contributed by atoms with van der Waals surface area (Å²) in [6.45, 7) is 5.95. The van der Waals surface area contributed by atoms with Crippen LogP contribution in [0.15, 0.2) is 73.1 Å². The number of hydrogen-bond donors (Lipinski definition) is 3. The van der Waals surface area contributed by atoms with Crippen LogP contribution in [-0.4, -0.2) is 52.5 Å². The van der Waals surface area contributed by atoms with Crippen molar-refractivity contribution in [3.05, 3.63) is 95.3 Å². The van der Waals surface area contributed by atoms with Gasteiger partial charge in [-0.25, -0.2) is 4.79 Å². The Labute approximate surface area is 268 Å². The standard InChI is InChI=1S/C36H39N5O5/c1-23-7-3-12-32(24(23)2)46-16-6-13-33(42)41-22-26-18-30(26)35-29(10-5-11-31(35)41)27-19-38-40(21-27)20-25-8-4-9-28(17-25)39-36(45)37-15-14-34(43)44/h3-5,7-12,17,19,21,26,30H,6,13-16,18,20,22H2,1-2H3,(H,43,44)(H2,37,39,45)/t26?,30-/m0/s1. The molecule has 0 spiro atoms. The number of anilines is 2. The lowest BCUT2D eigenvalue weighted by molar-refractivity contribution is -0.136. The van der Waals surface area contributed by atoms with E-state index in [-0.39, 0.29) is 18.9 Å². The normalized spacial score (nSPS) is 16.3. The molecule has 1 unspecified atom stereocenters. The average Bonchev–Trinajstić information content (AvgIpc) is 3.68. The van der Waals surface area contributed by atoms with Gasteiger partial charge in [-0.15, -0.1) is 0 Å². The van der Waals surface area contributed by atoms with Gasteiger partial charge in [0.25, 0.3) is 0 Å². The Balaban J connectivity index is 1.10. The highest BCUT2D eigenvalue weighted by Crippen LogP contribution is 2.57. The summed E-state index contributed by atoms with van der Waals surface area (Å²) in [7, 11) is 0. The molecule has 1 aliphatic carbocycles. The minimum Gasteiger partial charge on any atom is -0.493 e. The molecular formula is C36H39N5O5. The number of aromatic nitrogens is 2. The maximum absolute atomic E-state index is 13.5. The van der Waals surface area contributed by atoms with E-state index in [9.17, 15) is 14.4 Å². The van der Waals surface area contributed by atoms with Crippen molar-refractivity contribution < 1.29 is 24.2 Å². The van der Waals surface area contributed by atoms with Crippen molar-refractivity contribution in [1.29, 1.82) is 0 Å². The summed E-state index contributed by atoms with van der Waals surface area (Å²) in [4.78, 5) is 38.3. The van der Waals surface area contributed by atoms with Crippen molar-refractivity contribution in [2.45, 2.75) is 52.0 Å². The highest BCUT2D eigenvalue weighted by Gasteiger charge is 2.47. The molecule has 10 nitrogen and oxygen atoms in total. The molecule has 46 heavy (non-hydrogen) atoms. The van der Waals surface area contributed by atoms with Gasteiger partial charge in [-0.3, -0.25) is 14.3 Å². The number of carboxylic acids is 1. The Kier molecular flexibility index (Phi) is 9.05. The molecule has 1 saturated carbocycles. The fourth-order valence-corrected chi connectivity index (χ4v) is 6.20. The predicted octanol–water partition coefficient (Wildman–Crippen LogP) is 6.12. The minimum absolute atomic E-state index is 0.0524. The summed E-state index contributed by atoms with van der Waals surface area (Å²) < 4.78 is 7.87. The maximum atomic E-state index is 13.5. The van der Waals surface area contributed by atoms with Gasteiger partial charge < -0.3 is 25.4 Å². The number of fused-ring (bicyclic) bond motifs is 3. The van der Waals surface area contributed by atoms with E-state index in [4.69, 9.17) is 9.84 Å². The number of aryl methyl sites for hydroxylation is 1. The van der Waals surface area contributed by atoms with Crippen molar-refractivity contribution in [3.63, 3.8) is 0 Å². The Bertz CT molecular complexity index is 1770. The van der Waals surface area contributed by atoms with Gasteiger partial charge in [0.1, 0.15) is 5.75 Å². The SMILES string of the molecule is Cc1cccc(OCCCC(=O)N2CC3C[C@@H]3c3c(-c4cnn(Cc5cccc(NC(=O)NCCC(=O)O)c5)c4)cccc32)c1C. The van der Waals surface area contributed by atoms with Gasteiger partial charge in [0.15, 0.2) is 0 Å².